The summed E-state index contributed by atoms with van der Waals surface area (Å²) in [5, 5.41) is 3.45. The molecule has 2 atom stereocenters. The molecule has 1 aromatic rings. The summed E-state index contributed by atoms with van der Waals surface area (Å²) in [5.74, 6) is 1.85. The average molecular weight is 291 g/mol. The van der Waals surface area contributed by atoms with E-state index in [2.05, 4.69) is 26.1 Å². The Morgan fingerprint density at radius 1 is 1.19 bits per heavy atom. The third-order valence-electron chi connectivity index (χ3n) is 4.42. The zero-order valence-corrected chi connectivity index (χ0v) is 13.8. The second-order valence-electron chi connectivity index (χ2n) is 6.62. The predicted molar refractivity (Wildman–Crippen MR) is 87.1 cm³/mol. The molecular weight excluding hydrogens is 262 g/mol. The lowest BCUT2D eigenvalue weighted by Gasteiger charge is -2.43. The van der Waals surface area contributed by atoms with Gasteiger partial charge in [-0.25, -0.2) is 0 Å². The van der Waals surface area contributed by atoms with E-state index in [0.717, 1.165) is 30.9 Å². The Hall–Kier alpha value is -1.22. The van der Waals surface area contributed by atoms with Crippen LogP contribution in [0.1, 0.15) is 46.5 Å². The molecule has 2 rings (SSSR count). The molecule has 0 saturated heterocycles. The van der Waals surface area contributed by atoms with Crippen LogP contribution in [0.25, 0.3) is 0 Å². The van der Waals surface area contributed by atoms with Gasteiger partial charge in [-0.05, 0) is 62.4 Å². The maximum Gasteiger partial charge on any atom is 0.120 e. The van der Waals surface area contributed by atoms with Crippen LogP contribution >= 0.6 is 0 Å². The van der Waals surface area contributed by atoms with Crippen molar-refractivity contribution >= 4 is 0 Å². The lowest BCUT2D eigenvalue weighted by atomic mass is 9.72. The van der Waals surface area contributed by atoms with Crippen molar-refractivity contribution in [3.8, 4) is 11.5 Å². The van der Waals surface area contributed by atoms with E-state index < -0.39 is 0 Å². The molecule has 1 fully saturated rings. The fourth-order valence-corrected chi connectivity index (χ4v) is 3.30. The van der Waals surface area contributed by atoms with Crippen LogP contribution in [0.2, 0.25) is 0 Å². The van der Waals surface area contributed by atoms with E-state index in [1.165, 1.54) is 12.8 Å². The number of benzene rings is 1. The molecule has 0 radical (unpaired) electrons. The molecule has 0 bridgehead atoms. The van der Waals surface area contributed by atoms with E-state index in [1.807, 2.05) is 31.3 Å². The first-order valence-corrected chi connectivity index (χ1v) is 8.13. The second kappa shape index (κ2) is 7.17. The third-order valence-corrected chi connectivity index (χ3v) is 4.42. The van der Waals surface area contributed by atoms with Crippen molar-refractivity contribution in [3.63, 3.8) is 0 Å². The summed E-state index contributed by atoms with van der Waals surface area (Å²) in [7, 11) is 2.04. The van der Waals surface area contributed by atoms with E-state index in [9.17, 15) is 0 Å². The zero-order chi connectivity index (χ0) is 15.3. The van der Waals surface area contributed by atoms with Crippen LogP contribution in [0.4, 0.5) is 0 Å². The van der Waals surface area contributed by atoms with Gasteiger partial charge in [0.25, 0.3) is 0 Å². The van der Waals surface area contributed by atoms with Crippen LogP contribution in [-0.4, -0.2) is 25.8 Å². The Labute approximate surface area is 129 Å². The van der Waals surface area contributed by atoms with E-state index >= 15 is 0 Å². The smallest absolute Gasteiger partial charge is 0.120 e. The van der Waals surface area contributed by atoms with Gasteiger partial charge in [0.15, 0.2) is 0 Å². The van der Waals surface area contributed by atoms with Gasteiger partial charge >= 0.3 is 0 Å². The summed E-state index contributed by atoms with van der Waals surface area (Å²) in [6.45, 7) is 7.52. The monoisotopic (exact) mass is 291 g/mol. The molecule has 3 heteroatoms. The summed E-state index contributed by atoms with van der Waals surface area (Å²) < 4.78 is 11.8. The molecule has 1 aliphatic carbocycles. The maximum atomic E-state index is 6.24. The summed E-state index contributed by atoms with van der Waals surface area (Å²) in [4.78, 5) is 0. The number of hydrogen-bond acceptors (Lipinski definition) is 3. The molecule has 0 aromatic heterocycles. The highest BCUT2D eigenvalue weighted by atomic mass is 16.5. The van der Waals surface area contributed by atoms with Gasteiger partial charge in [-0.15, -0.1) is 0 Å². The summed E-state index contributed by atoms with van der Waals surface area (Å²) in [6.07, 6.45) is 4.86. The fourth-order valence-electron chi connectivity index (χ4n) is 3.30. The van der Waals surface area contributed by atoms with E-state index in [0.29, 0.717) is 6.04 Å². The average Bonchev–Trinajstić information content (AvgIpc) is 2.46. The molecule has 1 saturated carbocycles. The van der Waals surface area contributed by atoms with Crippen molar-refractivity contribution < 1.29 is 9.47 Å². The van der Waals surface area contributed by atoms with E-state index in [-0.39, 0.29) is 11.5 Å². The Kier molecular flexibility index (Phi) is 5.51. The Morgan fingerprint density at radius 3 is 2.48 bits per heavy atom. The van der Waals surface area contributed by atoms with Crippen LogP contribution in [0, 0.1) is 5.41 Å². The molecule has 1 aliphatic rings. The first-order valence-electron chi connectivity index (χ1n) is 8.13. The van der Waals surface area contributed by atoms with Gasteiger partial charge in [-0.1, -0.05) is 20.8 Å². The van der Waals surface area contributed by atoms with Gasteiger partial charge in [0.1, 0.15) is 17.6 Å². The minimum Gasteiger partial charge on any atom is -0.494 e. The van der Waals surface area contributed by atoms with Crippen LogP contribution in [0.5, 0.6) is 11.5 Å². The minimum absolute atomic E-state index is 0.237. The summed E-state index contributed by atoms with van der Waals surface area (Å²) in [6, 6.07) is 8.40. The lowest BCUT2D eigenvalue weighted by molar-refractivity contribution is 0.0403. The molecule has 1 aromatic carbocycles. The SMILES string of the molecule is CCCOc1ccc(OC2CCCC(C)(C)C2NC)cc1. The van der Waals surface area contributed by atoms with Crippen molar-refractivity contribution in [1.82, 2.24) is 5.32 Å². The molecule has 118 valence electrons. The molecule has 3 nitrogen and oxygen atoms in total. The number of likely N-dealkylation sites (N-methyl/N-ethyl adjacent to an activating group) is 1. The van der Waals surface area contributed by atoms with Gasteiger partial charge in [-0.3, -0.25) is 0 Å². The van der Waals surface area contributed by atoms with Crippen molar-refractivity contribution in [3.05, 3.63) is 24.3 Å². The van der Waals surface area contributed by atoms with E-state index in [1.54, 1.807) is 0 Å². The second-order valence-corrected chi connectivity index (χ2v) is 6.62. The Bertz CT molecular complexity index is 427. The third kappa shape index (κ3) is 4.13. The van der Waals surface area contributed by atoms with Crippen LogP contribution < -0.4 is 14.8 Å². The Morgan fingerprint density at radius 2 is 1.86 bits per heavy atom. The highest BCUT2D eigenvalue weighted by Crippen LogP contribution is 2.37. The minimum atomic E-state index is 0.237. The molecule has 0 amide bonds. The van der Waals surface area contributed by atoms with Gasteiger partial charge < -0.3 is 14.8 Å². The van der Waals surface area contributed by atoms with Crippen molar-refractivity contribution in [2.45, 2.75) is 58.6 Å². The van der Waals surface area contributed by atoms with Crippen molar-refractivity contribution in [2.75, 3.05) is 13.7 Å². The normalized spacial score (nSPS) is 24.6. The number of ether oxygens (including phenoxy) is 2. The van der Waals surface area contributed by atoms with Crippen molar-refractivity contribution in [1.29, 1.82) is 0 Å². The topological polar surface area (TPSA) is 30.5 Å². The number of hydrogen-bond donors (Lipinski definition) is 1. The number of nitrogens with one attached hydrogen (secondary N) is 1. The van der Waals surface area contributed by atoms with Crippen LogP contribution in [0.3, 0.4) is 0 Å². The first kappa shape index (κ1) is 16.2. The van der Waals surface area contributed by atoms with Gasteiger partial charge in [0.2, 0.25) is 0 Å². The quantitative estimate of drug-likeness (QED) is 0.858. The standard InChI is InChI=1S/C18H29NO2/c1-5-13-20-14-8-10-15(11-9-14)21-16-7-6-12-18(2,3)17(16)19-4/h8-11,16-17,19H,5-7,12-13H2,1-4H3. The largest absolute Gasteiger partial charge is 0.494 e. The number of rotatable bonds is 6. The predicted octanol–water partition coefficient (Wildman–Crippen LogP) is 4.02. The molecule has 0 spiro atoms. The van der Waals surface area contributed by atoms with Crippen LogP contribution in [-0.2, 0) is 0 Å². The molecule has 0 heterocycles. The maximum absolute atomic E-state index is 6.24. The molecule has 2 unspecified atom stereocenters. The fraction of sp³-hybridized carbons (Fsp3) is 0.667. The highest BCUT2D eigenvalue weighted by Gasteiger charge is 2.39. The van der Waals surface area contributed by atoms with Gasteiger partial charge in [0, 0.05) is 6.04 Å². The molecule has 1 N–H and O–H groups in total. The first-order chi connectivity index (χ1) is 10.1. The van der Waals surface area contributed by atoms with E-state index in [4.69, 9.17) is 9.47 Å². The molecular formula is C18H29NO2. The summed E-state index contributed by atoms with van der Waals surface area (Å²) >= 11 is 0. The molecule has 0 aliphatic heterocycles. The zero-order valence-electron chi connectivity index (χ0n) is 13.8. The lowest BCUT2D eigenvalue weighted by Crippen LogP contribution is -2.53. The molecule has 21 heavy (non-hydrogen) atoms. The Balaban J connectivity index is 1.99. The highest BCUT2D eigenvalue weighted by molar-refractivity contribution is 5.31. The van der Waals surface area contributed by atoms with Crippen molar-refractivity contribution in [2.24, 2.45) is 5.41 Å². The van der Waals surface area contributed by atoms with Crippen LogP contribution in [0.15, 0.2) is 24.3 Å². The van der Waals surface area contributed by atoms with Gasteiger partial charge in [0.05, 0.1) is 6.61 Å². The summed E-state index contributed by atoms with van der Waals surface area (Å²) in [5.41, 5.74) is 0.280. The van der Waals surface area contributed by atoms with Gasteiger partial charge in [-0.2, -0.15) is 0 Å².